The smallest absolute Gasteiger partial charge is 0.341 e. The number of carbonyl (C=O) groups is 2. The van der Waals surface area contributed by atoms with Gasteiger partial charge in [-0.3, -0.25) is 4.79 Å². The molecule has 37 heavy (non-hydrogen) atoms. The molecular formula is C29H31N3O3S2. The fraction of sp³-hybridized carbons (Fsp3) is 0.345. The van der Waals surface area contributed by atoms with E-state index < -0.39 is 5.97 Å². The van der Waals surface area contributed by atoms with Crippen LogP contribution in [-0.4, -0.2) is 23.5 Å². The average Bonchev–Trinajstić information content (AvgIpc) is 3.40. The van der Waals surface area contributed by atoms with Crippen LogP contribution in [0.5, 0.6) is 0 Å². The van der Waals surface area contributed by atoms with Crippen LogP contribution in [0.4, 0.5) is 10.7 Å². The SMILES string of the molecule is CCOC(=O)c1c(NC(=O)c2sc3nc(CC(C)C)ccc3c2N)sc2c1CCC(c1ccccc1)C2. The largest absolute Gasteiger partial charge is 0.462 e. The topological polar surface area (TPSA) is 94.3 Å². The minimum atomic E-state index is -0.391. The monoisotopic (exact) mass is 533 g/mol. The summed E-state index contributed by atoms with van der Waals surface area (Å²) in [7, 11) is 0. The summed E-state index contributed by atoms with van der Waals surface area (Å²) in [6.07, 6.45) is 3.41. The van der Waals surface area contributed by atoms with E-state index in [1.807, 2.05) is 18.2 Å². The van der Waals surface area contributed by atoms with Gasteiger partial charge in [0.15, 0.2) is 0 Å². The van der Waals surface area contributed by atoms with Crippen LogP contribution >= 0.6 is 22.7 Å². The highest BCUT2D eigenvalue weighted by molar-refractivity contribution is 7.21. The van der Waals surface area contributed by atoms with Gasteiger partial charge in [-0.15, -0.1) is 22.7 Å². The number of nitrogens with one attached hydrogen (secondary N) is 1. The van der Waals surface area contributed by atoms with Crippen LogP contribution in [0.1, 0.15) is 74.8 Å². The van der Waals surface area contributed by atoms with Gasteiger partial charge in [-0.2, -0.15) is 0 Å². The van der Waals surface area contributed by atoms with Crippen molar-refractivity contribution in [3.8, 4) is 0 Å². The lowest BCUT2D eigenvalue weighted by molar-refractivity contribution is 0.0526. The lowest BCUT2D eigenvalue weighted by Crippen LogP contribution is -2.17. The zero-order valence-electron chi connectivity index (χ0n) is 21.3. The van der Waals surface area contributed by atoms with Gasteiger partial charge in [-0.25, -0.2) is 9.78 Å². The van der Waals surface area contributed by atoms with E-state index in [9.17, 15) is 9.59 Å². The van der Waals surface area contributed by atoms with E-state index in [0.29, 0.717) is 33.0 Å². The molecule has 8 heteroatoms. The van der Waals surface area contributed by atoms with Gasteiger partial charge in [0.25, 0.3) is 5.91 Å². The number of hydrogen-bond donors (Lipinski definition) is 2. The predicted octanol–water partition coefficient (Wildman–Crippen LogP) is 6.84. The van der Waals surface area contributed by atoms with E-state index in [4.69, 9.17) is 15.5 Å². The second-order valence-electron chi connectivity index (χ2n) is 9.83. The number of hydrogen-bond acceptors (Lipinski definition) is 7. The Kier molecular flexibility index (Phi) is 7.31. The van der Waals surface area contributed by atoms with Gasteiger partial charge >= 0.3 is 5.97 Å². The number of anilines is 2. The standard InChI is InChI=1S/C29H31N3O3S2/c1-4-35-29(34)23-20-12-10-18(17-8-6-5-7-9-17)15-22(20)36-28(23)32-26(33)25-24(30)21-13-11-19(14-16(2)3)31-27(21)37-25/h5-9,11,13,16,18H,4,10,12,14-15,30H2,1-3H3,(H,32,33). The van der Waals surface area contributed by atoms with Gasteiger partial charge in [0.2, 0.25) is 0 Å². The van der Waals surface area contributed by atoms with Crippen molar-refractivity contribution < 1.29 is 14.3 Å². The van der Waals surface area contributed by atoms with Gasteiger partial charge in [-0.1, -0.05) is 44.2 Å². The molecule has 4 aromatic rings. The maximum atomic E-state index is 13.4. The minimum absolute atomic E-state index is 0.275. The Morgan fingerprint density at radius 3 is 2.68 bits per heavy atom. The first-order chi connectivity index (χ1) is 17.9. The Bertz CT molecular complexity index is 1460. The number of aromatic nitrogens is 1. The number of benzene rings is 1. The third-order valence-corrected chi connectivity index (χ3v) is 9.00. The molecule has 0 fully saturated rings. The molecule has 1 amide bonds. The van der Waals surface area contributed by atoms with Crippen molar-refractivity contribution in [2.45, 2.75) is 52.4 Å². The summed E-state index contributed by atoms with van der Waals surface area (Å²) in [4.78, 5) is 33.5. The molecule has 5 rings (SSSR count). The number of rotatable bonds is 7. The van der Waals surface area contributed by atoms with Gasteiger partial charge < -0.3 is 15.8 Å². The highest BCUT2D eigenvalue weighted by atomic mass is 32.1. The molecule has 0 spiro atoms. The van der Waals surface area contributed by atoms with E-state index in [-0.39, 0.29) is 12.5 Å². The Morgan fingerprint density at radius 2 is 1.95 bits per heavy atom. The molecular weight excluding hydrogens is 502 g/mol. The number of nitrogens with two attached hydrogens (primary N) is 1. The van der Waals surface area contributed by atoms with Gasteiger partial charge in [0.1, 0.15) is 14.7 Å². The minimum Gasteiger partial charge on any atom is -0.462 e. The van der Waals surface area contributed by atoms with E-state index in [0.717, 1.165) is 52.0 Å². The predicted molar refractivity (Wildman–Crippen MR) is 152 cm³/mol. The Morgan fingerprint density at radius 1 is 1.16 bits per heavy atom. The fourth-order valence-electron chi connectivity index (χ4n) is 5.00. The molecule has 3 N–H and O–H groups in total. The normalized spacial score (nSPS) is 15.1. The van der Waals surface area contributed by atoms with Gasteiger partial charge in [0, 0.05) is 16.0 Å². The molecule has 0 radical (unpaired) electrons. The lowest BCUT2D eigenvalue weighted by atomic mass is 9.83. The number of carbonyl (C=O) groups excluding carboxylic acids is 2. The number of fused-ring (bicyclic) bond motifs is 2. The Hall–Kier alpha value is -3.23. The Labute approximate surface area is 224 Å². The summed E-state index contributed by atoms with van der Waals surface area (Å²) in [5, 5.41) is 4.32. The number of ether oxygens (including phenoxy) is 1. The molecule has 1 aliphatic carbocycles. The van der Waals surface area contributed by atoms with Gasteiger partial charge in [-0.05, 0) is 67.7 Å². The van der Waals surface area contributed by atoms with Crippen molar-refractivity contribution in [2.75, 3.05) is 17.7 Å². The number of pyridine rings is 1. The van der Waals surface area contributed by atoms with Crippen molar-refractivity contribution in [3.05, 3.63) is 74.6 Å². The first-order valence-corrected chi connectivity index (χ1v) is 14.3. The fourth-order valence-corrected chi connectivity index (χ4v) is 7.32. The average molecular weight is 534 g/mol. The molecule has 0 saturated heterocycles. The van der Waals surface area contributed by atoms with Crippen LogP contribution in [-0.2, 0) is 24.0 Å². The number of nitrogen functional groups attached to an aromatic ring is 1. The highest BCUT2D eigenvalue weighted by Crippen LogP contribution is 2.43. The van der Waals surface area contributed by atoms with Crippen molar-refractivity contribution in [1.29, 1.82) is 0 Å². The molecule has 6 nitrogen and oxygen atoms in total. The molecule has 1 aromatic carbocycles. The summed E-state index contributed by atoms with van der Waals surface area (Å²) < 4.78 is 5.39. The second kappa shape index (κ2) is 10.6. The molecule has 3 heterocycles. The van der Waals surface area contributed by atoms with Gasteiger partial charge in [0.05, 0.1) is 17.9 Å². The molecule has 1 atom stereocenters. The molecule has 0 aliphatic heterocycles. The third-order valence-electron chi connectivity index (χ3n) is 6.72. The van der Waals surface area contributed by atoms with Crippen LogP contribution in [0.3, 0.4) is 0 Å². The van der Waals surface area contributed by atoms with E-state index >= 15 is 0 Å². The number of thiophene rings is 2. The van der Waals surface area contributed by atoms with Crippen LogP contribution in [0.15, 0.2) is 42.5 Å². The Balaban J connectivity index is 1.46. The zero-order chi connectivity index (χ0) is 26.1. The molecule has 0 saturated carbocycles. The number of amides is 1. The number of esters is 1. The number of nitrogens with zero attached hydrogens (tertiary/aromatic N) is 1. The quantitative estimate of drug-likeness (QED) is 0.254. The summed E-state index contributed by atoms with van der Waals surface area (Å²) in [5.74, 6) is 0.153. The maximum Gasteiger partial charge on any atom is 0.341 e. The molecule has 1 unspecified atom stereocenters. The van der Waals surface area contributed by atoms with E-state index in [1.165, 1.54) is 28.2 Å². The zero-order valence-corrected chi connectivity index (χ0v) is 22.9. The molecule has 0 bridgehead atoms. The molecule has 3 aromatic heterocycles. The lowest BCUT2D eigenvalue weighted by Gasteiger charge is -2.23. The van der Waals surface area contributed by atoms with Crippen molar-refractivity contribution >= 4 is 55.5 Å². The molecule has 1 aliphatic rings. The van der Waals surface area contributed by atoms with Crippen molar-refractivity contribution in [2.24, 2.45) is 5.92 Å². The van der Waals surface area contributed by atoms with Crippen LogP contribution in [0.25, 0.3) is 10.2 Å². The summed E-state index contributed by atoms with van der Waals surface area (Å²) in [5.41, 5.74) is 10.6. The highest BCUT2D eigenvalue weighted by Gasteiger charge is 2.31. The first-order valence-electron chi connectivity index (χ1n) is 12.7. The summed E-state index contributed by atoms with van der Waals surface area (Å²) >= 11 is 2.76. The van der Waals surface area contributed by atoms with E-state index in [1.54, 1.807) is 6.92 Å². The van der Waals surface area contributed by atoms with Crippen LogP contribution in [0.2, 0.25) is 0 Å². The third kappa shape index (κ3) is 5.13. The second-order valence-corrected chi connectivity index (χ2v) is 11.9. The summed E-state index contributed by atoms with van der Waals surface area (Å²) in [6, 6.07) is 14.4. The van der Waals surface area contributed by atoms with Crippen LogP contribution in [0, 0.1) is 5.92 Å². The van der Waals surface area contributed by atoms with Crippen LogP contribution < -0.4 is 11.1 Å². The maximum absolute atomic E-state index is 13.4. The molecule has 192 valence electrons. The van der Waals surface area contributed by atoms with Crippen molar-refractivity contribution in [1.82, 2.24) is 4.98 Å². The first kappa shape index (κ1) is 25.4. The van der Waals surface area contributed by atoms with Crippen molar-refractivity contribution in [3.63, 3.8) is 0 Å². The van der Waals surface area contributed by atoms with E-state index in [2.05, 4.69) is 43.4 Å². The summed E-state index contributed by atoms with van der Waals surface area (Å²) in [6.45, 7) is 6.37.